The van der Waals surface area contributed by atoms with Crippen LogP contribution in [-0.2, 0) is 4.74 Å². The maximum atomic E-state index is 9.97. The second-order valence-electron chi connectivity index (χ2n) is 6.81. The number of ether oxygens (including phenoxy) is 3. The fourth-order valence-electron chi connectivity index (χ4n) is 2.54. The molecule has 0 radical (unpaired) electrons. The van der Waals surface area contributed by atoms with Crippen LogP contribution in [0.1, 0.15) is 13.8 Å². The van der Waals surface area contributed by atoms with E-state index in [2.05, 4.69) is 5.32 Å². The van der Waals surface area contributed by atoms with Crippen molar-refractivity contribution in [1.29, 1.82) is 0 Å². The van der Waals surface area contributed by atoms with Gasteiger partial charge in [-0.05, 0) is 24.3 Å². The van der Waals surface area contributed by atoms with Gasteiger partial charge < -0.3 is 45.1 Å². The van der Waals surface area contributed by atoms with E-state index in [1.165, 1.54) is 0 Å². The number of rotatable bonds is 9. The molecule has 162 valence electrons. The molecule has 0 unspecified atom stereocenters. The van der Waals surface area contributed by atoms with E-state index in [9.17, 15) is 25.5 Å². The fourth-order valence-corrected chi connectivity index (χ4v) is 2.54. The van der Waals surface area contributed by atoms with Gasteiger partial charge in [-0.3, -0.25) is 0 Å². The highest BCUT2D eigenvalue weighted by atomic mass is 35.5. The van der Waals surface area contributed by atoms with Gasteiger partial charge in [0.2, 0.25) is 6.29 Å². The van der Waals surface area contributed by atoms with Crippen LogP contribution in [0.5, 0.6) is 11.5 Å². The first-order chi connectivity index (χ1) is 12.8. The summed E-state index contributed by atoms with van der Waals surface area (Å²) in [6, 6.07) is 6.69. The number of aliphatic hydroxyl groups excluding tert-OH is 5. The SMILES string of the molecule is CC(C)NC[C@H](O)COc1ccc(O[C@@H]2O[C@H](CO)[C@@H](O)[C@H](O)[C@H]2O)cc1.Cl. The van der Waals surface area contributed by atoms with Gasteiger partial charge in [0, 0.05) is 12.6 Å². The lowest BCUT2D eigenvalue weighted by Crippen LogP contribution is -2.60. The summed E-state index contributed by atoms with van der Waals surface area (Å²) in [7, 11) is 0. The largest absolute Gasteiger partial charge is 0.491 e. The Balaban J connectivity index is 0.00000392. The molecule has 0 saturated carbocycles. The van der Waals surface area contributed by atoms with E-state index in [-0.39, 0.29) is 25.1 Å². The molecule has 0 bridgehead atoms. The lowest BCUT2D eigenvalue weighted by atomic mass is 9.99. The van der Waals surface area contributed by atoms with Gasteiger partial charge >= 0.3 is 0 Å². The maximum absolute atomic E-state index is 9.97. The third kappa shape index (κ3) is 7.02. The van der Waals surface area contributed by atoms with Gasteiger partial charge in [-0.1, -0.05) is 13.8 Å². The van der Waals surface area contributed by atoms with Crippen molar-refractivity contribution in [1.82, 2.24) is 5.32 Å². The lowest BCUT2D eigenvalue weighted by molar-refractivity contribution is -0.277. The van der Waals surface area contributed by atoms with Gasteiger partial charge in [-0.25, -0.2) is 0 Å². The molecule has 2 rings (SSSR count). The molecule has 1 aromatic rings. The Kier molecular flexibility index (Phi) is 10.4. The fraction of sp³-hybridized carbons (Fsp3) is 0.667. The predicted molar refractivity (Wildman–Crippen MR) is 103 cm³/mol. The van der Waals surface area contributed by atoms with Crippen molar-refractivity contribution in [2.24, 2.45) is 0 Å². The number of aliphatic hydroxyl groups is 5. The molecule has 1 heterocycles. The second-order valence-corrected chi connectivity index (χ2v) is 6.81. The summed E-state index contributed by atoms with van der Waals surface area (Å²) in [6.45, 7) is 4.01. The first-order valence-corrected chi connectivity index (χ1v) is 8.93. The summed E-state index contributed by atoms with van der Waals surface area (Å²) in [4.78, 5) is 0. The van der Waals surface area contributed by atoms with E-state index < -0.39 is 43.4 Å². The van der Waals surface area contributed by atoms with E-state index in [4.69, 9.17) is 14.2 Å². The highest BCUT2D eigenvalue weighted by molar-refractivity contribution is 5.85. The van der Waals surface area contributed by atoms with Crippen molar-refractivity contribution in [3.05, 3.63) is 24.3 Å². The van der Waals surface area contributed by atoms with Crippen molar-refractivity contribution in [2.45, 2.75) is 56.7 Å². The number of benzene rings is 1. The molecular weight excluding hydrogens is 394 g/mol. The first kappa shape index (κ1) is 24.9. The van der Waals surface area contributed by atoms with Crippen molar-refractivity contribution in [3.8, 4) is 11.5 Å². The summed E-state index contributed by atoms with van der Waals surface area (Å²) in [5.74, 6) is 0.869. The zero-order valence-electron chi connectivity index (χ0n) is 15.8. The van der Waals surface area contributed by atoms with Gasteiger partial charge in [0.25, 0.3) is 0 Å². The molecule has 0 aliphatic carbocycles. The maximum Gasteiger partial charge on any atom is 0.229 e. The molecule has 0 aromatic heterocycles. The standard InChI is InChI=1S/C18H29NO8.ClH/c1-10(2)19-7-11(21)9-25-12-3-5-13(6-4-12)26-18-17(24)16(23)15(22)14(8-20)27-18;/h3-6,10-11,14-24H,7-9H2,1-2H3;1H/t11-,14+,15+,16-,17+,18+;/m0./s1. The second kappa shape index (κ2) is 11.7. The van der Waals surface area contributed by atoms with E-state index >= 15 is 0 Å². The zero-order chi connectivity index (χ0) is 20.0. The van der Waals surface area contributed by atoms with Crippen LogP contribution in [0.25, 0.3) is 0 Å². The number of hydrogen-bond donors (Lipinski definition) is 6. The Bertz CT molecular complexity index is 559. The topological polar surface area (TPSA) is 141 Å². The molecule has 1 aromatic carbocycles. The minimum absolute atomic E-state index is 0. The first-order valence-electron chi connectivity index (χ1n) is 8.93. The molecule has 1 fully saturated rings. The Morgan fingerprint density at radius 2 is 1.64 bits per heavy atom. The van der Waals surface area contributed by atoms with E-state index in [1.807, 2.05) is 13.8 Å². The third-order valence-electron chi connectivity index (χ3n) is 4.13. The summed E-state index contributed by atoms with van der Waals surface area (Å²) < 4.78 is 16.3. The van der Waals surface area contributed by atoms with Gasteiger partial charge in [0.1, 0.15) is 48.6 Å². The van der Waals surface area contributed by atoms with Crippen molar-refractivity contribution < 1.29 is 39.7 Å². The molecule has 1 saturated heterocycles. The zero-order valence-corrected chi connectivity index (χ0v) is 16.7. The number of halogens is 1. The Morgan fingerprint density at radius 3 is 2.21 bits per heavy atom. The van der Waals surface area contributed by atoms with Crippen LogP contribution in [0.4, 0.5) is 0 Å². The smallest absolute Gasteiger partial charge is 0.229 e. The lowest BCUT2D eigenvalue weighted by Gasteiger charge is -2.39. The van der Waals surface area contributed by atoms with Crippen molar-refractivity contribution in [2.75, 3.05) is 19.8 Å². The van der Waals surface area contributed by atoms with Crippen LogP contribution in [-0.4, -0.2) is 88.1 Å². The van der Waals surface area contributed by atoms with Crippen LogP contribution in [0, 0.1) is 0 Å². The van der Waals surface area contributed by atoms with E-state index in [0.717, 1.165) is 0 Å². The Hall–Kier alpha value is -1.17. The van der Waals surface area contributed by atoms with Crippen LogP contribution < -0.4 is 14.8 Å². The van der Waals surface area contributed by atoms with Crippen LogP contribution >= 0.6 is 12.4 Å². The molecule has 6 N–H and O–H groups in total. The highest BCUT2D eigenvalue weighted by Crippen LogP contribution is 2.25. The average molecular weight is 424 g/mol. The highest BCUT2D eigenvalue weighted by Gasteiger charge is 2.44. The van der Waals surface area contributed by atoms with Crippen LogP contribution in [0.15, 0.2) is 24.3 Å². The predicted octanol–water partition coefficient (Wildman–Crippen LogP) is -0.975. The summed E-state index contributed by atoms with van der Waals surface area (Å²) in [6.07, 6.45) is -7.31. The summed E-state index contributed by atoms with van der Waals surface area (Å²) in [5, 5.41) is 51.6. The quantitative estimate of drug-likeness (QED) is 0.295. The monoisotopic (exact) mass is 423 g/mol. The molecular formula is C18H30ClNO8. The molecule has 0 amide bonds. The van der Waals surface area contributed by atoms with Crippen molar-refractivity contribution >= 4 is 12.4 Å². The molecule has 1 aliphatic rings. The molecule has 1 aliphatic heterocycles. The molecule has 9 nitrogen and oxygen atoms in total. The molecule has 28 heavy (non-hydrogen) atoms. The molecule has 10 heteroatoms. The third-order valence-corrected chi connectivity index (χ3v) is 4.13. The summed E-state index contributed by atoms with van der Waals surface area (Å²) in [5.41, 5.74) is 0. The number of hydrogen-bond acceptors (Lipinski definition) is 9. The van der Waals surface area contributed by atoms with Crippen LogP contribution in [0.2, 0.25) is 0 Å². The number of nitrogens with one attached hydrogen (secondary N) is 1. The minimum atomic E-state index is -1.50. The molecule has 0 spiro atoms. The van der Waals surface area contributed by atoms with Gasteiger partial charge in [-0.2, -0.15) is 0 Å². The van der Waals surface area contributed by atoms with Crippen LogP contribution in [0.3, 0.4) is 0 Å². The average Bonchev–Trinajstić information content (AvgIpc) is 2.66. The summed E-state index contributed by atoms with van der Waals surface area (Å²) >= 11 is 0. The van der Waals surface area contributed by atoms with Crippen molar-refractivity contribution in [3.63, 3.8) is 0 Å². The molecule has 6 atom stereocenters. The Labute approximate surface area is 170 Å². The van der Waals surface area contributed by atoms with E-state index in [0.29, 0.717) is 18.0 Å². The van der Waals surface area contributed by atoms with Gasteiger partial charge in [0.05, 0.1) is 6.61 Å². The minimum Gasteiger partial charge on any atom is -0.491 e. The normalized spacial score (nSPS) is 28.5. The van der Waals surface area contributed by atoms with Gasteiger partial charge in [-0.15, -0.1) is 12.4 Å². The van der Waals surface area contributed by atoms with E-state index in [1.54, 1.807) is 24.3 Å². The Morgan fingerprint density at radius 1 is 1.04 bits per heavy atom. The van der Waals surface area contributed by atoms with Gasteiger partial charge in [0.15, 0.2) is 0 Å².